The predicted octanol–water partition coefficient (Wildman–Crippen LogP) is 3.98. The van der Waals surface area contributed by atoms with Crippen molar-refractivity contribution in [3.05, 3.63) is 87.2 Å². The molecule has 0 spiro atoms. The van der Waals surface area contributed by atoms with E-state index < -0.39 is 0 Å². The zero-order valence-corrected chi connectivity index (χ0v) is 18.9. The van der Waals surface area contributed by atoms with Crippen LogP contribution in [0.5, 0.6) is 0 Å². The average molecular weight is 451 g/mol. The van der Waals surface area contributed by atoms with Crippen LogP contribution in [-0.2, 0) is 17.8 Å². The van der Waals surface area contributed by atoms with Gasteiger partial charge in [0.25, 0.3) is 5.56 Å². The maximum absolute atomic E-state index is 12.8. The van der Waals surface area contributed by atoms with Crippen LogP contribution in [0.2, 0.25) is 5.02 Å². The van der Waals surface area contributed by atoms with E-state index in [1.54, 1.807) is 30.3 Å². The largest absolute Gasteiger partial charge is 0.354 e. The first kappa shape index (κ1) is 22.1. The van der Waals surface area contributed by atoms with Gasteiger partial charge in [-0.1, -0.05) is 48.9 Å². The van der Waals surface area contributed by atoms with E-state index in [0.29, 0.717) is 29.6 Å². The number of anilines is 1. The zero-order chi connectivity index (χ0) is 22.5. The summed E-state index contributed by atoms with van der Waals surface area (Å²) in [5.74, 6) is 0.613. The number of halogens is 1. The topological polar surface area (TPSA) is 67.2 Å². The van der Waals surface area contributed by atoms with Crippen LogP contribution in [0.3, 0.4) is 0 Å². The molecule has 0 radical (unpaired) electrons. The van der Waals surface area contributed by atoms with Crippen molar-refractivity contribution in [3.8, 4) is 5.69 Å². The van der Waals surface area contributed by atoms with Crippen molar-refractivity contribution in [2.75, 3.05) is 18.0 Å². The van der Waals surface area contributed by atoms with Gasteiger partial charge in [0.1, 0.15) is 5.82 Å². The Morgan fingerprint density at radius 1 is 1.12 bits per heavy atom. The first-order valence-electron chi connectivity index (χ1n) is 11.0. The van der Waals surface area contributed by atoms with Crippen LogP contribution in [0.25, 0.3) is 5.69 Å². The minimum Gasteiger partial charge on any atom is -0.354 e. The monoisotopic (exact) mass is 450 g/mol. The summed E-state index contributed by atoms with van der Waals surface area (Å²) in [6, 6.07) is 18.6. The highest BCUT2D eigenvalue weighted by molar-refractivity contribution is 6.30. The van der Waals surface area contributed by atoms with Crippen molar-refractivity contribution in [1.29, 1.82) is 0 Å². The van der Waals surface area contributed by atoms with Gasteiger partial charge in [-0.05, 0) is 54.7 Å². The van der Waals surface area contributed by atoms with Gasteiger partial charge in [0.2, 0.25) is 5.91 Å². The highest BCUT2D eigenvalue weighted by Gasteiger charge is 2.26. The van der Waals surface area contributed by atoms with Crippen LogP contribution in [0.15, 0.2) is 65.5 Å². The van der Waals surface area contributed by atoms with Crippen LogP contribution in [0.4, 0.5) is 5.82 Å². The van der Waals surface area contributed by atoms with E-state index in [-0.39, 0.29) is 17.4 Å². The molecular weight excluding hydrogens is 424 g/mol. The van der Waals surface area contributed by atoms with E-state index >= 15 is 0 Å². The lowest BCUT2D eigenvalue weighted by molar-refractivity contribution is -0.125. The molecule has 32 heavy (non-hydrogen) atoms. The molecule has 1 saturated heterocycles. The molecule has 0 saturated carbocycles. The van der Waals surface area contributed by atoms with Crippen LogP contribution < -0.4 is 15.8 Å². The second-order valence-electron chi connectivity index (χ2n) is 8.09. The SMILES string of the molecule is CCc1ccc(CNC(=O)[C@@H]2CCCN(c3ccc(=O)n(-c4cccc(Cl)c4)n3)C2)cc1. The number of benzene rings is 2. The fourth-order valence-electron chi connectivity index (χ4n) is 3.99. The number of aryl methyl sites for hydroxylation is 1. The fourth-order valence-corrected chi connectivity index (χ4v) is 4.17. The standard InChI is InChI=1S/C25H27ClN4O2/c1-2-18-8-10-19(11-9-18)16-27-25(32)20-5-4-14-29(17-20)23-12-13-24(31)30(28-23)22-7-3-6-21(26)15-22/h3,6-13,15,20H,2,4-5,14,16-17H2,1H3,(H,27,32)/t20-/m1/s1. The molecule has 6 nitrogen and oxygen atoms in total. The molecule has 0 unspecified atom stereocenters. The summed E-state index contributed by atoms with van der Waals surface area (Å²) < 4.78 is 1.35. The Balaban J connectivity index is 1.43. The molecule has 1 aliphatic rings. The van der Waals surface area contributed by atoms with Gasteiger partial charge in [-0.25, -0.2) is 0 Å². The van der Waals surface area contributed by atoms with Crippen molar-refractivity contribution in [1.82, 2.24) is 15.1 Å². The maximum Gasteiger partial charge on any atom is 0.271 e. The third-order valence-electron chi connectivity index (χ3n) is 5.85. The number of carbonyl (C=O) groups excluding carboxylic acids is 1. The van der Waals surface area contributed by atoms with E-state index in [1.165, 1.54) is 16.3 Å². The first-order chi connectivity index (χ1) is 15.5. The van der Waals surface area contributed by atoms with Crippen molar-refractivity contribution in [3.63, 3.8) is 0 Å². The lowest BCUT2D eigenvalue weighted by atomic mass is 9.97. The molecule has 166 valence electrons. The third-order valence-corrected chi connectivity index (χ3v) is 6.09. The first-order valence-corrected chi connectivity index (χ1v) is 11.4. The normalized spacial score (nSPS) is 16.1. The number of nitrogens with one attached hydrogen (secondary N) is 1. The number of nitrogens with zero attached hydrogens (tertiary/aromatic N) is 3. The molecule has 1 aromatic heterocycles. The lowest BCUT2D eigenvalue weighted by Crippen LogP contribution is -2.43. The Labute approximate surface area is 192 Å². The summed E-state index contributed by atoms with van der Waals surface area (Å²) >= 11 is 6.08. The van der Waals surface area contributed by atoms with Gasteiger partial charge in [0, 0.05) is 30.7 Å². The molecule has 3 aromatic rings. The van der Waals surface area contributed by atoms with Crippen molar-refractivity contribution in [2.24, 2.45) is 5.92 Å². The van der Waals surface area contributed by atoms with Gasteiger partial charge in [0.15, 0.2) is 0 Å². The van der Waals surface area contributed by atoms with Crippen LogP contribution in [0, 0.1) is 5.92 Å². The summed E-state index contributed by atoms with van der Waals surface area (Å²) in [5.41, 5.74) is 2.77. The van der Waals surface area contributed by atoms with Gasteiger partial charge in [-0.2, -0.15) is 4.68 Å². The van der Waals surface area contributed by atoms with Crippen molar-refractivity contribution in [2.45, 2.75) is 32.7 Å². The number of hydrogen-bond acceptors (Lipinski definition) is 4. The number of piperidine rings is 1. The van der Waals surface area contributed by atoms with Crippen molar-refractivity contribution >= 4 is 23.3 Å². The summed E-state index contributed by atoms with van der Waals surface area (Å²) in [6.45, 7) is 4.02. The molecular formula is C25H27ClN4O2. The molecule has 1 fully saturated rings. The number of hydrogen-bond donors (Lipinski definition) is 1. The van der Waals surface area contributed by atoms with Gasteiger partial charge < -0.3 is 10.2 Å². The van der Waals surface area contributed by atoms with E-state index in [0.717, 1.165) is 31.4 Å². The van der Waals surface area contributed by atoms with Gasteiger partial charge >= 0.3 is 0 Å². The Bertz CT molecular complexity index is 1140. The number of carbonyl (C=O) groups is 1. The van der Waals surface area contributed by atoms with E-state index in [1.807, 2.05) is 0 Å². The second kappa shape index (κ2) is 10.0. The molecule has 0 bridgehead atoms. The number of rotatable bonds is 6. The number of aromatic nitrogens is 2. The quantitative estimate of drug-likeness (QED) is 0.616. The van der Waals surface area contributed by atoms with E-state index in [4.69, 9.17) is 11.6 Å². The molecule has 0 aliphatic carbocycles. The highest BCUT2D eigenvalue weighted by atomic mass is 35.5. The van der Waals surface area contributed by atoms with Crippen LogP contribution in [-0.4, -0.2) is 28.8 Å². The predicted molar refractivity (Wildman–Crippen MR) is 127 cm³/mol. The summed E-state index contributed by atoms with van der Waals surface area (Å²) in [6.07, 6.45) is 2.73. The highest BCUT2D eigenvalue weighted by Crippen LogP contribution is 2.22. The van der Waals surface area contributed by atoms with E-state index in [2.05, 4.69) is 46.5 Å². The zero-order valence-electron chi connectivity index (χ0n) is 18.1. The Kier molecular flexibility index (Phi) is 6.90. The van der Waals surface area contributed by atoms with Gasteiger partial charge in [0.05, 0.1) is 11.6 Å². The lowest BCUT2D eigenvalue weighted by Gasteiger charge is -2.33. The van der Waals surface area contributed by atoms with Gasteiger partial charge in [-0.3, -0.25) is 9.59 Å². The smallest absolute Gasteiger partial charge is 0.271 e. The fraction of sp³-hybridized carbons (Fsp3) is 0.320. The molecule has 4 rings (SSSR count). The maximum atomic E-state index is 12.8. The molecule has 1 amide bonds. The minimum absolute atomic E-state index is 0.0532. The molecule has 1 atom stereocenters. The van der Waals surface area contributed by atoms with Crippen LogP contribution >= 0.6 is 11.6 Å². The molecule has 1 aliphatic heterocycles. The van der Waals surface area contributed by atoms with Gasteiger partial charge in [-0.15, -0.1) is 5.10 Å². The summed E-state index contributed by atoms with van der Waals surface area (Å²) in [5, 5.41) is 8.17. The summed E-state index contributed by atoms with van der Waals surface area (Å²) in [7, 11) is 0. The Hall–Kier alpha value is -3.12. The third kappa shape index (κ3) is 5.19. The Morgan fingerprint density at radius 3 is 2.66 bits per heavy atom. The van der Waals surface area contributed by atoms with Crippen LogP contribution in [0.1, 0.15) is 30.9 Å². The minimum atomic E-state index is -0.226. The molecule has 7 heteroatoms. The second-order valence-corrected chi connectivity index (χ2v) is 8.53. The number of amides is 1. The molecule has 2 heterocycles. The Morgan fingerprint density at radius 2 is 1.91 bits per heavy atom. The molecule has 1 N–H and O–H groups in total. The summed E-state index contributed by atoms with van der Waals surface area (Å²) in [4.78, 5) is 27.3. The van der Waals surface area contributed by atoms with E-state index in [9.17, 15) is 9.59 Å². The van der Waals surface area contributed by atoms with Crippen molar-refractivity contribution < 1.29 is 4.79 Å². The average Bonchev–Trinajstić information content (AvgIpc) is 2.83. The molecule has 2 aromatic carbocycles.